The van der Waals surface area contributed by atoms with Crippen molar-refractivity contribution >= 4 is 11.7 Å². The average molecular weight is 341 g/mol. The molecule has 1 aliphatic rings. The summed E-state index contributed by atoms with van der Waals surface area (Å²) in [4.78, 5) is 26.7. The minimum absolute atomic E-state index is 0.103. The first-order valence-corrected chi connectivity index (χ1v) is 8.73. The smallest absolute Gasteiger partial charge is 0.289 e. The van der Waals surface area contributed by atoms with Gasteiger partial charge in [-0.2, -0.15) is 0 Å². The number of aliphatic hydroxyl groups excluding tert-OH is 1. The van der Waals surface area contributed by atoms with E-state index in [0.717, 1.165) is 24.8 Å². The van der Waals surface area contributed by atoms with Crippen molar-refractivity contribution in [2.45, 2.75) is 32.3 Å². The number of Topliss-reactive ketones (excluding diaryl/α,β-unsaturated/α-hetero) is 1. The molecule has 1 aliphatic heterocycles. The maximum Gasteiger partial charge on any atom is 0.289 e. The van der Waals surface area contributed by atoms with Crippen molar-refractivity contribution in [2.75, 3.05) is 13.1 Å². The molecule has 1 amide bonds. The van der Waals surface area contributed by atoms with Crippen LogP contribution in [0.25, 0.3) is 0 Å². The number of furan rings is 1. The van der Waals surface area contributed by atoms with Gasteiger partial charge in [0.25, 0.3) is 5.91 Å². The fourth-order valence-corrected chi connectivity index (χ4v) is 3.27. The molecule has 1 saturated heterocycles. The van der Waals surface area contributed by atoms with Crippen LogP contribution in [0.5, 0.6) is 0 Å². The maximum absolute atomic E-state index is 12.5. The molecule has 132 valence electrons. The molecule has 1 unspecified atom stereocenters. The van der Waals surface area contributed by atoms with Crippen LogP contribution in [-0.4, -0.2) is 34.8 Å². The summed E-state index contributed by atoms with van der Waals surface area (Å²) in [6.45, 7) is 0.853. The Hall–Kier alpha value is -2.40. The summed E-state index contributed by atoms with van der Waals surface area (Å²) in [5.41, 5.74) is 1.16. The highest BCUT2D eigenvalue weighted by molar-refractivity contribution is 5.92. The summed E-state index contributed by atoms with van der Waals surface area (Å²) < 4.78 is 5.32. The molecule has 1 N–H and O–H groups in total. The number of hydrogen-bond acceptors (Lipinski definition) is 4. The molecule has 5 nitrogen and oxygen atoms in total. The van der Waals surface area contributed by atoms with Gasteiger partial charge >= 0.3 is 0 Å². The highest BCUT2D eigenvalue weighted by Crippen LogP contribution is 2.22. The number of ketones is 1. The van der Waals surface area contributed by atoms with Gasteiger partial charge in [-0.25, -0.2) is 0 Å². The van der Waals surface area contributed by atoms with Crippen LogP contribution in [0.3, 0.4) is 0 Å². The number of aliphatic hydroxyl groups is 1. The summed E-state index contributed by atoms with van der Waals surface area (Å²) in [7, 11) is 0. The number of carbonyl (C=O) groups is 2. The summed E-state index contributed by atoms with van der Waals surface area (Å²) in [6.07, 6.45) is 2.90. The van der Waals surface area contributed by atoms with Gasteiger partial charge in [0, 0.05) is 25.4 Å². The van der Waals surface area contributed by atoms with Crippen LogP contribution >= 0.6 is 0 Å². The van der Waals surface area contributed by atoms with E-state index in [1.807, 2.05) is 30.3 Å². The number of nitrogens with zero attached hydrogens (tertiary/aromatic N) is 1. The van der Waals surface area contributed by atoms with E-state index >= 15 is 0 Å². The first-order valence-electron chi connectivity index (χ1n) is 8.73. The Morgan fingerprint density at radius 1 is 1.16 bits per heavy atom. The Balaban J connectivity index is 1.56. The average Bonchev–Trinajstić information content (AvgIpc) is 3.15. The lowest BCUT2D eigenvalue weighted by molar-refractivity contribution is -0.124. The molecule has 0 aliphatic carbocycles. The van der Waals surface area contributed by atoms with Crippen molar-refractivity contribution in [3.05, 3.63) is 59.5 Å². The summed E-state index contributed by atoms with van der Waals surface area (Å²) in [5.74, 6) is 0.503. The topological polar surface area (TPSA) is 70.8 Å². The molecule has 1 atom stereocenters. The molecule has 0 saturated carbocycles. The third-order valence-corrected chi connectivity index (χ3v) is 4.70. The minimum atomic E-state index is -0.228. The van der Waals surface area contributed by atoms with E-state index in [-0.39, 0.29) is 30.0 Å². The molecule has 5 heteroatoms. The van der Waals surface area contributed by atoms with Gasteiger partial charge in [-0.3, -0.25) is 9.59 Å². The van der Waals surface area contributed by atoms with Crippen LogP contribution in [0.1, 0.15) is 41.1 Å². The highest BCUT2D eigenvalue weighted by atomic mass is 16.4. The van der Waals surface area contributed by atoms with Crippen molar-refractivity contribution in [1.82, 2.24) is 4.90 Å². The third-order valence-electron chi connectivity index (χ3n) is 4.70. The normalized spacial score (nSPS) is 17.5. The standard InChI is InChI=1S/C20H23NO4/c22-14-17-9-11-19(25-17)20(24)21-12-4-7-16(13-21)18(23)10-8-15-5-2-1-3-6-15/h1-3,5-6,9,11,16,22H,4,7-8,10,12-14H2. The summed E-state index contributed by atoms with van der Waals surface area (Å²) in [5, 5.41) is 9.05. The van der Waals surface area contributed by atoms with Crippen LogP contribution in [-0.2, 0) is 17.8 Å². The Morgan fingerprint density at radius 3 is 2.68 bits per heavy atom. The van der Waals surface area contributed by atoms with Gasteiger partial charge in [-0.1, -0.05) is 30.3 Å². The SMILES string of the molecule is O=C(CCc1ccccc1)C1CCCN(C(=O)c2ccc(CO)o2)C1. The molecule has 0 radical (unpaired) electrons. The Labute approximate surface area is 147 Å². The number of amides is 1. The lowest BCUT2D eigenvalue weighted by atomic mass is 9.90. The van der Waals surface area contributed by atoms with Crippen LogP contribution in [0.4, 0.5) is 0 Å². The largest absolute Gasteiger partial charge is 0.453 e. The molecule has 2 heterocycles. The van der Waals surface area contributed by atoms with Gasteiger partial charge in [0.2, 0.25) is 0 Å². The quantitative estimate of drug-likeness (QED) is 0.877. The number of rotatable bonds is 6. The molecule has 0 spiro atoms. The van der Waals surface area contributed by atoms with Gasteiger partial charge in [-0.15, -0.1) is 0 Å². The van der Waals surface area contributed by atoms with Crippen LogP contribution in [0.2, 0.25) is 0 Å². The van der Waals surface area contributed by atoms with E-state index in [9.17, 15) is 9.59 Å². The van der Waals surface area contributed by atoms with Crippen molar-refractivity contribution in [1.29, 1.82) is 0 Å². The fraction of sp³-hybridized carbons (Fsp3) is 0.400. The Bertz CT molecular complexity index is 722. The molecular formula is C20H23NO4. The molecular weight excluding hydrogens is 318 g/mol. The molecule has 25 heavy (non-hydrogen) atoms. The van der Waals surface area contributed by atoms with E-state index in [1.54, 1.807) is 17.0 Å². The predicted molar refractivity (Wildman–Crippen MR) is 93.0 cm³/mol. The second kappa shape index (κ2) is 8.12. The van der Waals surface area contributed by atoms with Crippen molar-refractivity contribution in [3.8, 4) is 0 Å². The lowest BCUT2D eigenvalue weighted by Gasteiger charge is -2.31. The Morgan fingerprint density at radius 2 is 1.96 bits per heavy atom. The molecule has 1 aromatic carbocycles. The fourth-order valence-electron chi connectivity index (χ4n) is 3.27. The minimum Gasteiger partial charge on any atom is -0.453 e. The first-order chi connectivity index (χ1) is 12.2. The second-order valence-corrected chi connectivity index (χ2v) is 6.47. The predicted octanol–water partition coefficient (Wildman–Crippen LogP) is 2.83. The van der Waals surface area contributed by atoms with Gasteiger partial charge < -0.3 is 14.4 Å². The first kappa shape index (κ1) is 17.4. The van der Waals surface area contributed by atoms with E-state index in [2.05, 4.69) is 0 Å². The zero-order chi connectivity index (χ0) is 17.6. The van der Waals surface area contributed by atoms with Crippen LogP contribution in [0, 0.1) is 5.92 Å². The summed E-state index contributed by atoms with van der Waals surface area (Å²) >= 11 is 0. The summed E-state index contributed by atoms with van der Waals surface area (Å²) in [6, 6.07) is 13.1. The zero-order valence-electron chi connectivity index (χ0n) is 14.2. The maximum atomic E-state index is 12.5. The van der Waals surface area contributed by atoms with Crippen LogP contribution in [0.15, 0.2) is 46.9 Å². The number of benzene rings is 1. The monoisotopic (exact) mass is 341 g/mol. The number of hydrogen-bond donors (Lipinski definition) is 1. The van der Waals surface area contributed by atoms with Crippen molar-refractivity contribution < 1.29 is 19.1 Å². The van der Waals surface area contributed by atoms with Gasteiger partial charge in [-0.05, 0) is 37.0 Å². The Kier molecular flexibility index (Phi) is 5.66. The van der Waals surface area contributed by atoms with Gasteiger partial charge in [0.05, 0.1) is 0 Å². The second-order valence-electron chi connectivity index (χ2n) is 6.47. The number of carbonyl (C=O) groups excluding carboxylic acids is 2. The van der Waals surface area contributed by atoms with Crippen LogP contribution < -0.4 is 0 Å². The number of likely N-dealkylation sites (tertiary alicyclic amines) is 1. The molecule has 2 aromatic rings. The zero-order valence-corrected chi connectivity index (χ0v) is 14.2. The number of aryl methyl sites for hydroxylation is 1. The van der Waals surface area contributed by atoms with Gasteiger partial charge in [0.15, 0.2) is 5.76 Å². The van der Waals surface area contributed by atoms with Gasteiger partial charge in [0.1, 0.15) is 18.2 Å². The van der Waals surface area contributed by atoms with E-state index < -0.39 is 0 Å². The molecule has 1 aromatic heterocycles. The number of piperidine rings is 1. The van der Waals surface area contributed by atoms with E-state index in [0.29, 0.717) is 25.3 Å². The third kappa shape index (κ3) is 4.37. The molecule has 3 rings (SSSR count). The van der Waals surface area contributed by atoms with E-state index in [1.165, 1.54) is 0 Å². The highest BCUT2D eigenvalue weighted by Gasteiger charge is 2.29. The lowest BCUT2D eigenvalue weighted by Crippen LogP contribution is -2.42. The molecule has 0 bridgehead atoms. The van der Waals surface area contributed by atoms with E-state index in [4.69, 9.17) is 9.52 Å². The van der Waals surface area contributed by atoms with Crippen molar-refractivity contribution in [2.24, 2.45) is 5.92 Å². The molecule has 1 fully saturated rings. The van der Waals surface area contributed by atoms with Crippen molar-refractivity contribution in [3.63, 3.8) is 0 Å².